The maximum atomic E-state index is 12.1. The van der Waals surface area contributed by atoms with Crippen molar-refractivity contribution in [3.8, 4) is 5.75 Å². The zero-order valence-corrected chi connectivity index (χ0v) is 11.9. The van der Waals surface area contributed by atoms with Crippen LogP contribution in [0.2, 0.25) is 0 Å². The normalized spacial score (nSPS) is 14.5. The Morgan fingerprint density at radius 1 is 1.39 bits per heavy atom. The number of hydrogen-bond acceptors (Lipinski definition) is 4. The smallest absolute Gasteiger partial charge is 0.134 e. The summed E-state index contributed by atoms with van der Waals surface area (Å²) in [6, 6.07) is 7.48. The zero-order valence-electron chi connectivity index (χ0n) is 11.1. The molecule has 0 fully saturated rings. The second-order valence-corrected chi connectivity index (χ2v) is 5.84. The molecule has 0 aliphatic carbocycles. The number of aliphatic hydroxyl groups is 1. The van der Waals surface area contributed by atoms with Crippen LogP contribution in [0.15, 0.2) is 29.2 Å². The van der Waals surface area contributed by atoms with Crippen LogP contribution in [0.25, 0.3) is 0 Å². The van der Waals surface area contributed by atoms with Gasteiger partial charge in [-0.15, -0.1) is 0 Å². The van der Waals surface area contributed by atoms with E-state index in [2.05, 4.69) is 5.32 Å². The van der Waals surface area contributed by atoms with Gasteiger partial charge in [-0.2, -0.15) is 0 Å². The van der Waals surface area contributed by atoms with E-state index < -0.39 is 16.9 Å². The fourth-order valence-corrected chi connectivity index (χ4v) is 2.76. The Balaban J connectivity index is 2.59. The first-order chi connectivity index (χ1) is 8.54. The van der Waals surface area contributed by atoms with Crippen molar-refractivity contribution in [3.05, 3.63) is 24.3 Å². The zero-order chi connectivity index (χ0) is 13.5. The summed E-state index contributed by atoms with van der Waals surface area (Å²) in [5, 5.41) is 12.9. The molecule has 0 aliphatic heterocycles. The van der Waals surface area contributed by atoms with Crippen LogP contribution in [-0.4, -0.2) is 40.9 Å². The average molecular weight is 271 g/mol. The lowest BCUT2D eigenvalue weighted by molar-refractivity contribution is 0.191. The van der Waals surface area contributed by atoms with Crippen molar-refractivity contribution < 1.29 is 14.1 Å². The van der Waals surface area contributed by atoms with E-state index >= 15 is 0 Å². The standard InChI is InChI=1S/C13H21NO3S/c1-10(2)14-8-11(15)9-18(16)13-7-5-4-6-12(13)17-3/h4-7,10-11,14-15H,8-9H2,1-3H3. The van der Waals surface area contributed by atoms with E-state index in [1.54, 1.807) is 19.2 Å². The maximum Gasteiger partial charge on any atom is 0.134 e. The molecule has 0 spiro atoms. The predicted molar refractivity (Wildman–Crippen MR) is 73.4 cm³/mol. The molecule has 2 unspecified atom stereocenters. The minimum Gasteiger partial charge on any atom is -0.495 e. The van der Waals surface area contributed by atoms with Crippen LogP contribution in [0.4, 0.5) is 0 Å². The first kappa shape index (κ1) is 15.1. The highest BCUT2D eigenvalue weighted by Crippen LogP contribution is 2.21. The molecule has 0 aromatic heterocycles. The van der Waals surface area contributed by atoms with Crippen LogP contribution in [0.3, 0.4) is 0 Å². The fourth-order valence-electron chi connectivity index (χ4n) is 1.50. The monoisotopic (exact) mass is 271 g/mol. The van der Waals surface area contributed by atoms with Crippen LogP contribution < -0.4 is 10.1 Å². The molecule has 102 valence electrons. The Bertz CT molecular complexity index is 396. The number of ether oxygens (including phenoxy) is 1. The number of nitrogens with one attached hydrogen (secondary N) is 1. The Morgan fingerprint density at radius 3 is 2.67 bits per heavy atom. The SMILES string of the molecule is COc1ccccc1S(=O)CC(O)CNC(C)C. The Hall–Kier alpha value is -0.910. The molecule has 2 atom stereocenters. The molecule has 5 heteroatoms. The van der Waals surface area contributed by atoms with E-state index in [0.29, 0.717) is 23.2 Å². The molecule has 1 aromatic rings. The largest absolute Gasteiger partial charge is 0.495 e. The lowest BCUT2D eigenvalue weighted by atomic mass is 10.3. The van der Waals surface area contributed by atoms with Gasteiger partial charge < -0.3 is 15.2 Å². The average Bonchev–Trinajstić information content (AvgIpc) is 2.36. The second kappa shape index (κ2) is 7.51. The molecular weight excluding hydrogens is 250 g/mol. The van der Waals surface area contributed by atoms with Crippen molar-refractivity contribution in [3.63, 3.8) is 0 Å². The van der Waals surface area contributed by atoms with Gasteiger partial charge in [0.2, 0.25) is 0 Å². The summed E-state index contributed by atoms with van der Waals surface area (Å²) in [5.41, 5.74) is 0. The lowest BCUT2D eigenvalue weighted by Crippen LogP contribution is -2.34. The summed E-state index contributed by atoms with van der Waals surface area (Å²) >= 11 is 0. The molecular formula is C13H21NO3S. The van der Waals surface area contributed by atoms with Gasteiger partial charge >= 0.3 is 0 Å². The van der Waals surface area contributed by atoms with Crippen molar-refractivity contribution in [1.29, 1.82) is 0 Å². The van der Waals surface area contributed by atoms with E-state index in [1.807, 2.05) is 26.0 Å². The Kier molecular flexibility index (Phi) is 6.32. The molecule has 0 bridgehead atoms. The highest BCUT2D eigenvalue weighted by atomic mass is 32.2. The molecule has 0 aliphatic rings. The summed E-state index contributed by atoms with van der Waals surface area (Å²) in [6.07, 6.45) is -0.627. The van der Waals surface area contributed by atoms with Gasteiger partial charge in [0.05, 0.1) is 34.7 Å². The van der Waals surface area contributed by atoms with E-state index in [1.165, 1.54) is 0 Å². The van der Waals surface area contributed by atoms with Crippen molar-refractivity contribution in [2.24, 2.45) is 0 Å². The van der Waals surface area contributed by atoms with Gasteiger partial charge in [0, 0.05) is 12.6 Å². The quantitative estimate of drug-likeness (QED) is 0.781. The molecule has 0 heterocycles. The molecule has 1 aromatic carbocycles. The van der Waals surface area contributed by atoms with Gasteiger partial charge in [-0.25, -0.2) is 0 Å². The first-order valence-corrected chi connectivity index (χ1v) is 7.29. The van der Waals surface area contributed by atoms with Gasteiger partial charge in [0.15, 0.2) is 0 Å². The first-order valence-electron chi connectivity index (χ1n) is 5.97. The molecule has 1 rings (SSSR count). The van der Waals surface area contributed by atoms with Crippen LogP contribution in [0, 0.1) is 0 Å². The maximum absolute atomic E-state index is 12.1. The molecule has 0 radical (unpaired) electrons. The topological polar surface area (TPSA) is 58.6 Å². The minimum atomic E-state index is -1.25. The molecule has 4 nitrogen and oxygen atoms in total. The number of rotatable bonds is 7. The number of hydrogen-bond donors (Lipinski definition) is 2. The van der Waals surface area contributed by atoms with Crippen molar-refractivity contribution in [2.75, 3.05) is 19.4 Å². The van der Waals surface area contributed by atoms with Crippen molar-refractivity contribution >= 4 is 10.8 Å². The number of methoxy groups -OCH3 is 1. The summed E-state index contributed by atoms with van der Waals surface area (Å²) in [4.78, 5) is 0.628. The fraction of sp³-hybridized carbons (Fsp3) is 0.538. The minimum absolute atomic E-state index is 0.208. The lowest BCUT2D eigenvalue weighted by Gasteiger charge is -2.14. The summed E-state index contributed by atoms with van der Waals surface area (Å²) in [5.74, 6) is 0.806. The van der Waals surface area contributed by atoms with E-state index in [4.69, 9.17) is 4.74 Å². The predicted octanol–water partition coefficient (Wildman–Crippen LogP) is 1.16. The molecule has 0 saturated carbocycles. The molecule has 2 N–H and O–H groups in total. The third kappa shape index (κ3) is 4.76. The highest BCUT2D eigenvalue weighted by molar-refractivity contribution is 7.85. The summed E-state index contributed by atoms with van der Waals surface area (Å²) in [7, 11) is 0.294. The number of para-hydroxylation sites is 1. The molecule has 0 saturated heterocycles. The van der Waals surface area contributed by atoms with E-state index in [-0.39, 0.29) is 5.75 Å². The van der Waals surface area contributed by atoms with Gasteiger partial charge in [0.1, 0.15) is 5.75 Å². The van der Waals surface area contributed by atoms with Gasteiger partial charge in [-0.3, -0.25) is 4.21 Å². The number of aliphatic hydroxyl groups excluding tert-OH is 1. The van der Waals surface area contributed by atoms with Gasteiger partial charge in [0.25, 0.3) is 0 Å². The van der Waals surface area contributed by atoms with Gasteiger partial charge in [-0.05, 0) is 12.1 Å². The van der Waals surface area contributed by atoms with Crippen LogP contribution in [0.1, 0.15) is 13.8 Å². The highest BCUT2D eigenvalue weighted by Gasteiger charge is 2.14. The summed E-state index contributed by atoms with van der Waals surface area (Å²) < 4.78 is 17.3. The third-order valence-electron chi connectivity index (χ3n) is 2.42. The van der Waals surface area contributed by atoms with Crippen molar-refractivity contribution in [2.45, 2.75) is 30.9 Å². The van der Waals surface area contributed by atoms with Gasteiger partial charge in [-0.1, -0.05) is 26.0 Å². The van der Waals surface area contributed by atoms with Crippen LogP contribution in [0.5, 0.6) is 5.75 Å². The third-order valence-corrected chi connectivity index (χ3v) is 3.94. The second-order valence-electron chi connectivity index (χ2n) is 4.38. The Morgan fingerprint density at radius 2 is 2.06 bits per heavy atom. The van der Waals surface area contributed by atoms with E-state index in [9.17, 15) is 9.32 Å². The number of benzene rings is 1. The van der Waals surface area contributed by atoms with Crippen LogP contribution in [-0.2, 0) is 10.8 Å². The Labute approximate surface area is 111 Å². The van der Waals surface area contributed by atoms with E-state index in [0.717, 1.165) is 0 Å². The van der Waals surface area contributed by atoms with Crippen molar-refractivity contribution in [1.82, 2.24) is 5.32 Å². The molecule has 18 heavy (non-hydrogen) atoms. The van der Waals surface area contributed by atoms with Crippen LogP contribution >= 0.6 is 0 Å². The molecule has 0 amide bonds. The summed E-state index contributed by atoms with van der Waals surface area (Å²) in [6.45, 7) is 4.45.